The van der Waals surface area contributed by atoms with Gasteiger partial charge in [-0.2, -0.15) is 0 Å². The first-order valence-corrected chi connectivity index (χ1v) is 7.40. The minimum Gasteiger partial charge on any atom is -0.507 e. The van der Waals surface area contributed by atoms with Crippen molar-refractivity contribution in [1.29, 1.82) is 0 Å². The largest absolute Gasteiger partial charge is 0.507 e. The van der Waals surface area contributed by atoms with Crippen LogP contribution in [-0.4, -0.2) is 16.7 Å². The van der Waals surface area contributed by atoms with E-state index in [1.54, 1.807) is 60.7 Å². The minimum absolute atomic E-state index is 0.0506. The molecule has 0 heterocycles. The second-order valence-electron chi connectivity index (χ2n) is 5.35. The molecule has 118 valence electrons. The van der Waals surface area contributed by atoms with E-state index in [4.69, 9.17) is 5.73 Å². The number of nitrogen functional groups attached to an aromatic ring is 1. The monoisotopic (exact) mass is 317 g/mol. The Morgan fingerprint density at radius 3 is 1.67 bits per heavy atom. The van der Waals surface area contributed by atoms with Gasteiger partial charge in [-0.1, -0.05) is 60.7 Å². The lowest BCUT2D eigenvalue weighted by Gasteiger charge is -2.10. The Kier molecular flexibility index (Phi) is 4.12. The zero-order valence-electron chi connectivity index (χ0n) is 12.8. The molecule has 0 bridgehead atoms. The highest BCUT2D eigenvalue weighted by Gasteiger charge is 2.20. The van der Waals surface area contributed by atoms with Gasteiger partial charge in [0, 0.05) is 28.4 Å². The summed E-state index contributed by atoms with van der Waals surface area (Å²) >= 11 is 0. The quantitative estimate of drug-likeness (QED) is 0.570. The number of carbonyl (C=O) groups excluding carboxylic acids is 2. The van der Waals surface area contributed by atoms with Crippen LogP contribution in [0.15, 0.2) is 72.8 Å². The fraction of sp³-hybridized carbons (Fsp3) is 0. The van der Waals surface area contributed by atoms with E-state index in [1.807, 2.05) is 0 Å². The molecule has 4 heteroatoms. The number of aromatic hydroxyl groups is 1. The summed E-state index contributed by atoms with van der Waals surface area (Å²) in [6.07, 6.45) is 0. The van der Waals surface area contributed by atoms with Crippen LogP contribution in [0.3, 0.4) is 0 Å². The highest BCUT2D eigenvalue weighted by molar-refractivity contribution is 6.16. The van der Waals surface area contributed by atoms with Crippen LogP contribution < -0.4 is 5.73 Å². The summed E-state index contributed by atoms with van der Waals surface area (Å²) in [5.41, 5.74) is 7.14. The standard InChI is InChI=1S/C20H15NO3/c21-17-12-18(22)16(20(24)14-9-5-2-6-10-14)11-15(17)19(23)13-7-3-1-4-8-13/h1-12,22H,21H2. The van der Waals surface area contributed by atoms with Gasteiger partial charge in [-0.05, 0) is 6.07 Å². The zero-order valence-corrected chi connectivity index (χ0v) is 12.8. The fourth-order valence-electron chi connectivity index (χ4n) is 2.47. The van der Waals surface area contributed by atoms with E-state index >= 15 is 0 Å². The molecule has 3 aromatic rings. The van der Waals surface area contributed by atoms with Gasteiger partial charge in [0.1, 0.15) is 5.75 Å². The topological polar surface area (TPSA) is 80.4 Å². The van der Waals surface area contributed by atoms with E-state index in [-0.39, 0.29) is 34.1 Å². The van der Waals surface area contributed by atoms with Crippen molar-refractivity contribution >= 4 is 17.3 Å². The van der Waals surface area contributed by atoms with E-state index in [0.29, 0.717) is 11.1 Å². The summed E-state index contributed by atoms with van der Waals surface area (Å²) in [6.45, 7) is 0. The Labute approximate surface area is 139 Å². The van der Waals surface area contributed by atoms with E-state index in [1.165, 1.54) is 12.1 Å². The zero-order chi connectivity index (χ0) is 17.1. The van der Waals surface area contributed by atoms with Crippen LogP contribution in [0.1, 0.15) is 31.8 Å². The number of ketones is 2. The van der Waals surface area contributed by atoms with Crippen molar-refractivity contribution in [2.45, 2.75) is 0 Å². The normalized spacial score (nSPS) is 10.3. The maximum atomic E-state index is 12.6. The number of phenolic OH excluding ortho intramolecular Hbond substituents is 1. The van der Waals surface area contributed by atoms with Gasteiger partial charge < -0.3 is 10.8 Å². The molecule has 24 heavy (non-hydrogen) atoms. The number of carbonyl (C=O) groups is 2. The molecule has 0 aliphatic heterocycles. The lowest BCUT2D eigenvalue weighted by atomic mass is 9.95. The Hall–Kier alpha value is -3.40. The molecular formula is C20H15NO3. The van der Waals surface area contributed by atoms with Crippen molar-refractivity contribution in [1.82, 2.24) is 0 Å². The first kappa shape index (κ1) is 15.5. The van der Waals surface area contributed by atoms with Crippen molar-refractivity contribution < 1.29 is 14.7 Å². The number of hydrogen-bond donors (Lipinski definition) is 2. The Bertz CT molecular complexity index is 830. The molecular weight excluding hydrogens is 302 g/mol. The predicted molar refractivity (Wildman–Crippen MR) is 92.3 cm³/mol. The van der Waals surface area contributed by atoms with Gasteiger partial charge in [-0.25, -0.2) is 0 Å². The maximum Gasteiger partial charge on any atom is 0.196 e. The predicted octanol–water partition coefficient (Wildman–Crippen LogP) is 3.44. The summed E-state index contributed by atoms with van der Waals surface area (Å²) < 4.78 is 0. The molecule has 3 N–H and O–H groups in total. The van der Waals surface area contributed by atoms with Crippen molar-refractivity contribution in [3.05, 3.63) is 95.1 Å². The van der Waals surface area contributed by atoms with E-state index in [2.05, 4.69) is 0 Å². The number of hydrogen-bond acceptors (Lipinski definition) is 4. The molecule has 0 atom stereocenters. The van der Waals surface area contributed by atoms with Crippen LogP contribution in [0.4, 0.5) is 5.69 Å². The summed E-state index contributed by atoms with van der Waals surface area (Å²) in [4.78, 5) is 25.2. The van der Waals surface area contributed by atoms with Gasteiger partial charge >= 0.3 is 0 Å². The summed E-state index contributed by atoms with van der Waals surface area (Å²) in [5, 5.41) is 10.1. The second-order valence-corrected chi connectivity index (χ2v) is 5.35. The van der Waals surface area contributed by atoms with Gasteiger partial charge in [-0.3, -0.25) is 9.59 Å². The van der Waals surface area contributed by atoms with E-state index in [9.17, 15) is 14.7 Å². The van der Waals surface area contributed by atoms with Gasteiger partial charge in [0.05, 0.1) is 5.56 Å². The fourth-order valence-corrected chi connectivity index (χ4v) is 2.47. The van der Waals surface area contributed by atoms with E-state index in [0.717, 1.165) is 0 Å². The summed E-state index contributed by atoms with van der Waals surface area (Å²) in [6, 6.07) is 19.8. The smallest absolute Gasteiger partial charge is 0.196 e. The molecule has 0 fully saturated rings. The minimum atomic E-state index is -0.366. The van der Waals surface area contributed by atoms with Crippen molar-refractivity contribution in [3.63, 3.8) is 0 Å². The molecule has 0 aliphatic rings. The maximum absolute atomic E-state index is 12.6. The molecule has 0 spiro atoms. The van der Waals surface area contributed by atoms with Crippen LogP contribution in [0.5, 0.6) is 5.75 Å². The lowest BCUT2D eigenvalue weighted by Crippen LogP contribution is -2.09. The second kappa shape index (κ2) is 6.38. The van der Waals surface area contributed by atoms with Crippen LogP contribution in [0, 0.1) is 0 Å². The number of nitrogens with two attached hydrogens (primary N) is 1. The molecule has 3 aromatic carbocycles. The Balaban J connectivity index is 2.07. The SMILES string of the molecule is Nc1cc(O)c(C(=O)c2ccccc2)cc1C(=O)c1ccccc1. The molecule has 0 unspecified atom stereocenters. The molecule has 4 nitrogen and oxygen atoms in total. The average Bonchev–Trinajstić information content (AvgIpc) is 2.62. The van der Waals surface area contributed by atoms with Crippen molar-refractivity contribution in [2.75, 3.05) is 5.73 Å². The van der Waals surface area contributed by atoms with Crippen LogP contribution >= 0.6 is 0 Å². The molecule has 0 radical (unpaired) electrons. The van der Waals surface area contributed by atoms with Gasteiger partial charge in [0.25, 0.3) is 0 Å². The van der Waals surface area contributed by atoms with Gasteiger partial charge in [0.2, 0.25) is 0 Å². The number of phenols is 1. The molecule has 0 saturated carbocycles. The molecule has 0 saturated heterocycles. The lowest BCUT2D eigenvalue weighted by molar-refractivity contribution is 0.103. The highest BCUT2D eigenvalue weighted by atomic mass is 16.3. The number of rotatable bonds is 4. The molecule has 3 rings (SSSR count). The number of anilines is 1. The van der Waals surface area contributed by atoms with Crippen LogP contribution in [0.2, 0.25) is 0 Å². The molecule has 0 amide bonds. The number of benzene rings is 3. The van der Waals surface area contributed by atoms with Crippen molar-refractivity contribution in [2.24, 2.45) is 0 Å². The first-order valence-electron chi connectivity index (χ1n) is 7.40. The Morgan fingerprint density at radius 1 is 0.708 bits per heavy atom. The first-order chi connectivity index (χ1) is 11.6. The third-order valence-corrected chi connectivity index (χ3v) is 3.73. The van der Waals surface area contributed by atoms with Crippen LogP contribution in [-0.2, 0) is 0 Å². The third kappa shape index (κ3) is 2.90. The summed E-state index contributed by atoms with van der Waals surface area (Å²) in [7, 11) is 0. The van der Waals surface area contributed by atoms with Gasteiger partial charge in [-0.15, -0.1) is 0 Å². The highest BCUT2D eigenvalue weighted by Crippen LogP contribution is 2.28. The molecule has 0 aromatic heterocycles. The molecule has 0 aliphatic carbocycles. The Morgan fingerprint density at radius 2 is 1.17 bits per heavy atom. The summed E-state index contributed by atoms with van der Waals surface area (Å²) in [5.74, 6) is -0.906. The van der Waals surface area contributed by atoms with Crippen LogP contribution in [0.25, 0.3) is 0 Å². The van der Waals surface area contributed by atoms with Crippen molar-refractivity contribution in [3.8, 4) is 5.75 Å². The average molecular weight is 317 g/mol. The third-order valence-electron chi connectivity index (χ3n) is 3.73. The van der Waals surface area contributed by atoms with E-state index < -0.39 is 0 Å². The van der Waals surface area contributed by atoms with Gasteiger partial charge in [0.15, 0.2) is 11.6 Å².